The number of nitrogens with zero attached hydrogens (tertiary/aromatic N) is 1. The molecule has 0 unspecified atom stereocenters. The highest BCUT2D eigenvalue weighted by molar-refractivity contribution is 6.44. The van der Waals surface area contributed by atoms with Crippen molar-refractivity contribution in [2.75, 3.05) is 0 Å². The van der Waals surface area contributed by atoms with E-state index in [1.54, 1.807) is 0 Å². The number of hydrogen-bond acceptors (Lipinski definition) is 3. The van der Waals surface area contributed by atoms with Crippen LogP contribution in [-0.4, -0.2) is 23.3 Å². The summed E-state index contributed by atoms with van der Waals surface area (Å²) in [5, 5.41) is 0. The Bertz CT molecular complexity index is 600. The highest BCUT2D eigenvalue weighted by Gasteiger charge is 2.54. The van der Waals surface area contributed by atoms with Crippen LogP contribution in [0.15, 0.2) is 42.6 Å². The molecule has 2 aliphatic rings. The van der Waals surface area contributed by atoms with Crippen LogP contribution in [0.5, 0.6) is 0 Å². The summed E-state index contributed by atoms with van der Waals surface area (Å²) in [6.07, 6.45) is 7.34. The maximum atomic E-state index is 6.19. The lowest BCUT2D eigenvalue weighted by Crippen LogP contribution is -2.41. The minimum Gasteiger partial charge on any atom is -0.384 e. The van der Waals surface area contributed by atoms with Crippen LogP contribution >= 0.6 is 0 Å². The standard InChI is InChI=1S/C18H24BNO2/c1-14-9-11-15(12-10-14)16-8-6-7-13-20(16)19-21-17(2,3)18(4,5)22-19/h7-13H,6H2,1-5H3. The smallest absolute Gasteiger partial charge is 0.384 e. The second-order valence-electron chi connectivity index (χ2n) is 7.05. The summed E-state index contributed by atoms with van der Waals surface area (Å²) in [6.45, 7) is 10.4. The zero-order valence-electron chi connectivity index (χ0n) is 14.1. The lowest BCUT2D eigenvalue weighted by molar-refractivity contribution is 0.00578. The molecule has 0 saturated carbocycles. The summed E-state index contributed by atoms with van der Waals surface area (Å²) in [5.74, 6) is 0. The molecule has 2 heterocycles. The zero-order chi connectivity index (χ0) is 16.0. The van der Waals surface area contributed by atoms with Gasteiger partial charge >= 0.3 is 7.25 Å². The van der Waals surface area contributed by atoms with Crippen molar-refractivity contribution in [2.24, 2.45) is 0 Å². The van der Waals surface area contributed by atoms with Crippen LogP contribution in [0.2, 0.25) is 0 Å². The largest absolute Gasteiger partial charge is 0.598 e. The van der Waals surface area contributed by atoms with Gasteiger partial charge in [-0.2, -0.15) is 0 Å². The van der Waals surface area contributed by atoms with Gasteiger partial charge in [-0.1, -0.05) is 42.0 Å². The van der Waals surface area contributed by atoms with Crippen LogP contribution in [0.1, 0.15) is 45.2 Å². The molecule has 0 amide bonds. The molecule has 0 aromatic heterocycles. The van der Waals surface area contributed by atoms with Gasteiger partial charge < -0.3 is 14.1 Å². The molecule has 22 heavy (non-hydrogen) atoms. The number of aryl methyl sites for hydroxylation is 1. The number of rotatable bonds is 2. The third kappa shape index (κ3) is 2.62. The average Bonchev–Trinajstić information content (AvgIpc) is 2.68. The summed E-state index contributed by atoms with van der Waals surface area (Å²) >= 11 is 0. The fourth-order valence-electron chi connectivity index (χ4n) is 2.64. The summed E-state index contributed by atoms with van der Waals surface area (Å²) in [6, 6.07) is 8.57. The second-order valence-corrected chi connectivity index (χ2v) is 7.05. The molecule has 1 aromatic rings. The third-order valence-electron chi connectivity index (χ3n) is 4.81. The predicted octanol–water partition coefficient (Wildman–Crippen LogP) is 4.14. The van der Waals surface area contributed by atoms with Gasteiger partial charge in [0.25, 0.3) is 0 Å². The van der Waals surface area contributed by atoms with Gasteiger partial charge in [-0.3, -0.25) is 0 Å². The lowest BCUT2D eigenvalue weighted by atomic mass is 9.90. The Balaban J connectivity index is 1.89. The summed E-state index contributed by atoms with van der Waals surface area (Å²) in [7, 11) is -0.394. The summed E-state index contributed by atoms with van der Waals surface area (Å²) in [5.41, 5.74) is 2.92. The Hall–Kier alpha value is -1.52. The maximum Gasteiger partial charge on any atom is 0.598 e. The van der Waals surface area contributed by atoms with Gasteiger partial charge in [-0.15, -0.1) is 0 Å². The molecule has 116 valence electrons. The van der Waals surface area contributed by atoms with Gasteiger partial charge in [0.15, 0.2) is 0 Å². The van der Waals surface area contributed by atoms with Gasteiger partial charge in [0, 0.05) is 5.70 Å². The van der Waals surface area contributed by atoms with Gasteiger partial charge in [0.05, 0.1) is 11.2 Å². The average molecular weight is 297 g/mol. The Morgan fingerprint density at radius 1 is 1.00 bits per heavy atom. The Labute approximate surface area is 133 Å². The molecule has 2 aliphatic heterocycles. The van der Waals surface area contributed by atoms with Crippen LogP contribution in [0.25, 0.3) is 5.70 Å². The Morgan fingerprint density at radius 2 is 1.59 bits per heavy atom. The first-order chi connectivity index (χ1) is 10.3. The number of benzene rings is 1. The van der Waals surface area contributed by atoms with E-state index >= 15 is 0 Å². The molecular weight excluding hydrogens is 273 g/mol. The summed E-state index contributed by atoms with van der Waals surface area (Å²) in [4.78, 5) is 2.09. The SMILES string of the molecule is Cc1ccc(C2=CCC=CN2B2OC(C)(C)C(C)(C)O2)cc1. The minimum absolute atomic E-state index is 0.332. The fourth-order valence-corrected chi connectivity index (χ4v) is 2.64. The van der Waals surface area contributed by atoms with Crippen LogP contribution in [0.4, 0.5) is 0 Å². The molecule has 0 aliphatic carbocycles. The molecule has 3 nitrogen and oxygen atoms in total. The fraction of sp³-hybridized carbons (Fsp3) is 0.444. The molecule has 1 aromatic carbocycles. The van der Waals surface area contributed by atoms with Crippen molar-refractivity contribution < 1.29 is 9.31 Å². The molecule has 0 spiro atoms. The topological polar surface area (TPSA) is 21.7 Å². The van der Waals surface area contributed by atoms with Crippen molar-refractivity contribution in [1.82, 2.24) is 4.81 Å². The van der Waals surface area contributed by atoms with E-state index in [-0.39, 0.29) is 11.2 Å². The van der Waals surface area contributed by atoms with E-state index in [2.05, 4.69) is 82.0 Å². The van der Waals surface area contributed by atoms with Crippen LogP contribution in [0, 0.1) is 6.92 Å². The van der Waals surface area contributed by atoms with E-state index in [9.17, 15) is 0 Å². The van der Waals surface area contributed by atoms with Crippen LogP contribution < -0.4 is 0 Å². The molecule has 0 radical (unpaired) electrons. The zero-order valence-corrected chi connectivity index (χ0v) is 14.1. The number of hydrogen-bond donors (Lipinski definition) is 0. The molecule has 4 heteroatoms. The molecule has 1 fully saturated rings. The normalized spacial score (nSPS) is 22.9. The van der Waals surface area contributed by atoms with Crippen molar-refractivity contribution in [3.05, 3.63) is 53.7 Å². The monoisotopic (exact) mass is 297 g/mol. The molecule has 0 N–H and O–H groups in total. The third-order valence-corrected chi connectivity index (χ3v) is 4.81. The molecule has 1 saturated heterocycles. The van der Waals surface area contributed by atoms with Crippen molar-refractivity contribution >= 4 is 13.0 Å². The first-order valence-electron chi connectivity index (χ1n) is 7.88. The van der Waals surface area contributed by atoms with E-state index in [4.69, 9.17) is 9.31 Å². The molecule has 0 atom stereocenters. The van der Waals surface area contributed by atoms with E-state index in [0.717, 1.165) is 12.1 Å². The van der Waals surface area contributed by atoms with E-state index < -0.39 is 7.25 Å². The molecular formula is C18H24BNO2. The Kier molecular flexibility index (Phi) is 3.70. The first-order valence-corrected chi connectivity index (χ1v) is 7.88. The van der Waals surface area contributed by atoms with Gasteiger partial charge in [-0.05, 0) is 52.8 Å². The maximum absolute atomic E-state index is 6.19. The van der Waals surface area contributed by atoms with E-state index in [0.29, 0.717) is 0 Å². The van der Waals surface area contributed by atoms with Crippen molar-refractivity contribution in [3.63, 3.8) is 0 Å². The van der Waals surface area contributed by atoms with Crippen LogP contribution in [0.3, 0.4) is 0 Å². The second kappa shape index (κ2) is 5.29. The predicted molar refractivity (Wildman–Crippen MR) is 90.8 cm³/mol. The van der Waals surface area contributed by atoms with E-state index in [1.807, 2.05) is 0 Å². The van der Waals surface area contributed by atoms with Gasteiger partial charge in [0.2, 0.25) is 0 Å². The highest BCUT2D eigenvalue weighted by atomic mass is 16.7. The minimum atomic E-state index is -0.394. The van der Waals surface area contributed by atoms with Gasteiger partial charge in [-0.25, -0.2) is 0 Å². The van der Waals surface area contributed by atoms with Crippen molar-refractivity contribution in [1.29, 1.82) is 0 Å². The number of allylic oxidation sites excluding steroid dienone is 2. The summed E-state index contributed by atoms with van der Waals surface area (Å²) < 4.78 is 12.4. The van der Waals surface area contributed by atoms with Crippen LogP contribution in [-0.2, 0) is 9.31 Å². The van der Waals surface area contributed by atoms with E-state index in [1.165, 1.54) is 11.1 Å². The lowest BCUT2D eigenvalue weighted by Gasteiger charge is -2.32. The van der Waals surface area contributed by atoms with Crippen molar-refractivity contribution in [2.45, 2.75) is 52.2 Å². The molecule has 0 bridgehead atoms. The Morgan fingerprint density at radius 3 is 2.18 bits per heavy atom. The molecule has 3 rings (SSSR count). The quantitative estimate of drug-likeness (QED) is 0.766. The highest BCUT2D eigenvalue weighted by Crippen LogP contribution is 2.40. The van der Waals surface area contributed by atoms with Crippen molar-refractivity contribution in [3.8, 4) is 0 Å². The first kappa shape index (κ1) is 15.4. The van der Waals surface area contributed by atoms with Gasteiger partial charge in [0.1, 0.15) is 0 Å².